The van der Waals surface area contributed by atoms with Crippen molar-refractivity contribution in [2.24, 2.45) is 22.9 Å². The van der Waals surface area contributed by atoms with E-state index in [4.69, 9.17) is 24.2 Å². The zero-order valence-corrected chi connectivity index (χ0v) is 36.6. The fourth-order valence-corrected chi connectivity index (χ4v) is 9.31. The van der Waals surface area contributed by atoms with Crippen LogP contribution in [0.3, 0.4) is 0 Å². The highest BCUT2D eigenvalue weighted by Crippen LogP contribution is 2.62. The van der Waals surface area contributed by atoms with Crippen LogP contribution in [0.5, 0.6) is 11.5 Å². The lowest BCUT2D eigenvalue weighted by Crippen LogP contribution is -2.70. The molecule has 3 N–H and O–H groups in total. The quantitative estimate of drug-likeness (QED) is 0.0608. The smallest absolute Gasteiger partial charge is 0.412 e. The van der Waals surface area contributed by atoms with Crippen LogP contribution >= 0.6 is 0 Å². The average Bonchev–Trinajstić information content (AvgIpc) is 3.27. The van der Waals surface area contributed by atoms with E-state index in [-0.39, 0.29) is 49.9 Å². The lowest BCUT2D eigenvalue weighted by Gasteiger charge is -2.60. The summed E-state index contributed by atoms with van der Waals surface area (Å²) >= 11 is 0. The molecule has 12 nitrogen and oxygen atoms in total. The van der Waals surface area contributed by atoms with Gasteiger partial charge in [0.1, 0.15) is 23.1 Å². The van der Waals surface area contributed by atoms with Gasteiger partial charge >= 0.3 is 6.09 Å². The van der Waals surface area contributed by atoms with Crippen LogP contribution in [0, 0.1) is 29.1 Å². The Morgan fingerprint density at radius 1 is 1.03 bits per heavy atom. The largest absolute Gasteiger partial charge is 0.459 e. The first-order chi connectivity index (χ1) is 30.0. The van der Waals surface area contributed by atoms with E-state index in [1.165, 1.54) is 0 Å². The number of rotatable bonds is 19. The van der Waals surface area contributed by atoms with Crippen molar-refractivity contribution in [1.82, 2.24) is 10.2 Å². The number of nitrogens with zero attached hydrogens (tertiary/aromatic N) is 3. The predicted molar refractivity (Wildman–Crippen MR) is 238 cm³/mol. The molecule has 0 saturated heterocycles. The van der Waals surface area contributed by atoms with Crippen molar-refractivity contribution < 1.29 is 38.9 Å². The van der Waals surface area contributed by atoms with Crippen LogP contribution in [0.25, 0.3) is 0 Å². The Morgan fingerprint density at radius 3 is 2.42 bits per heavy atom. The van der Waals surface area contributed by atoms with Gasteiger partial charge in [0.05, 0.1) is 29.9 Å². The Morgan fingerprint density at radius 2 is 1.76 bits per heavy atom. The number of hydrogen-bond donors (Lipinski definition) is 3. The molecule has 0 aromatic heterocycles. The van der Waals surface area contributed by atoms with Gasteiger partial charge in [0.25, 0.3) is 5.91 Å². The van der Waals surface area contributed by atoms with E-state index in [0.29, 0.717) is 60.7 Å². The maximum atomic E-state index is 14.9. The standard InChI is InChI=1S/C50H62N4O8/c1-6-25-54(47(57)36-21-19-34(32-51)20-22-36)44-31-42(53-62-49(3,4)5)40-29-37(17-11-13-26-55)39(18-12-14-27-56)45-41-30-38(60-48(58)52-33-35-15-9-8-10-16-35)23-24-43(41)61-50(44,46(40)45)59-28-7-2/h7-10,15-16,19-24,29-30,37,39,44-46,55-56H,2,6,11-14,17-18,25-28,31,33H2,1,3-5H3,(H,52,58). The molecular weight excluding hydrogens is 785 g/mol. The summed E-state index contributed by atoms with van der Waals surface area (Å²) < 4.78 is 20.3. The van der Waals surface area contributed by atoms with Crippen LogP contribution in [-0.2, 0) is 16.1 Å². The van der Waals surface area contributed by atoms with Gasteiger partial charge in [-0.1, -0.05) is 67.4 Å². The van der Waals surface area contributed by atoms with Crippen LogP contribution in [0.4, 0.5) is 4.79 Å². The summed E-state index contributed by atoms with van der Waals surface area (Å²) in [5.41, 5.74) is 3.63. The zero-order valence-electron chi connectivity index (χ0n) is 36.6. The van der Waals surface area contributed by atoms with E-state index < -0.39 is 29.4 Å². The molecule has 1 fully saturated rings. The molecule has 3 aliphatic rings. The van der Waals surface area contributed by atoms with Gasteiger partial charge in [0.15, 0.2) is 0 Å². The summed E-state index contributed by atoms with van der Waals surface area (Å²) in [7, 11) is 0. The first-order valence-electron chi connectivity index (χ1n) is 22.0. The number of aliphatic hydroxyl groups excluding tert-OH is 2. The number of carbonyl (C=O) groups is 2. The summed E-state index contributed by atoms with van der Waals surface area (Å²) in [6.45, 7) is 12.8. The third-order valence-electron chi connectivity index (χ3n) is 11.9. The molecule has 2 aliphatic carbocycles. The molecule has 0 radical (unpaired) electrons. The highest BCUT2D eigenvalue weighted by molar-refractivity contribution is 6.03. The van der Waals surface area contributed by atoms with E-state index in [1.54, 1.807) is 36.4 Å². The molecule has 12 heteroatoms. The number of nitrogens with one attached hydrogen (secondary N) is 1. The first-order valence-corrected chi connectivity index (χ1v) is 22.0. The minimum absolute atomic E-state index is 0.0112. The van der Waals surface area contributed by atoms with Gasteiger partial charge in [-0.3, -0.25) is 4.79 Å². The minimum atomic E-state index is -1.45. The summed E-state index contributed by atoms with van der Waals surface area (Å²) in [5.74, 6) is -1.59. The Bertz CT molecular complexity index is 2110. The second-order valence-electron chi connectivity index (χ2n) is 17.4. The Hall–Kier alpha value is -5.48. The molecule has 6 atom stereocenters. The van der Waals surface area contributed by atoms with Crippen LogP contribution in [0.1, 0.15) is 112 Å². The number of amides is 2. The van der Waals surface area contributed by atoms with Crippen LogP contribution in [-0.4, -0.2) is 76.6 Å². The molecular formula is C50H62N4O8. The van der Waals surface area contributed by atoms with Gasteiger partial charge in [0, 0.05) is 49.8 Å². The molecule has 3 aromatic rings. The number of fused-ring (bicyclic) bond motifs is 2. The number of hydrogen-bond acceptors (Lipinski definition) is 10. The lowest BCUT2D eigenvalue weighted by atomic mass is 9.55. The molecule has 2 amide bonds. The van der Waals surface area contributed by atoms with Crippen molar-refractivity contribution >= 4 is 17.7 Å². The molecule has 6 rings (SSSR count). The van der Waals surface area contributed by atoms with E-state index in [0.717, 1.165) is 42.4 Å². The van der Waals surface area contributed by atoms with Crippen LogP contribution in [0.15, 0.2) is 102 Å². The van der Waals surface area contributed by atoms with E-state index in [9.17, 15) is 25.1 Å². The summed E-state index contributed by atoms with van der Waals surface area (Å²) in [5, 5.41) is 37.2. The molecule has 6 unspecified atom stereocenters. The average molecular weight is 847 g/mol. The lowest BCUT2D eigenvalue weighted by molar-refractivity contribution is -0.254. The number of aliphatic hydroxyl groups is 2. The molecule has 3 aromatic carbocycles. The fourth-order valence-electron chi connectivity index (χ4n) is 9.31. The van der Waals surface area contributed by atoms with Gasteiger partial charge in [-0.2, -0.15) is 5.26 Å². The molecule has 0 spiro atoms. The van der Waals surface area contributed by atoms with E-state index in [2.05, 4.69) is 24.0 Å². The number of allylic oxidation sites excluding steroid dienone is 1. The first kappa shape index (κ1) is 46.0. The monoisotopic (exact) mass is 846 g/mol. The van der Waals surface area contributed by atoms with E-state index in [1.807, 2.05) is 75.1 Å². The van der Waals surface area contributed by atoms with Crippen molar-refractivity contribution in [1.29, 1.82) is 5.26 Å². The van der Waals surface area contributed by atoms with Crippen molar-refractivity contribution in [3.63, 3.8) is 0 Å². The van der Waals surface area contributed by atoms with Gasteiger partial charge in [-0.05, 0) is 118 Å². The number of nitriles is 1. The molecule has 330 valence electrons. The third kappa shape index (κ3) is 10.6. The zero-order chi connectivity index (χ0) is 44.3. The van der Waals surface area contributed by atoms with Gasteiger partial charge in [-0.15, -0.1) is 6.58 Å². The Labute approximate surface area is 366 Å². The number of oxime groups is 1. The molecule has 1 heterocycles. The summed E-state index contributed by atoms with van der Waals surface area (Å²) in [6.07, 6.45) is 8.66. The minimum Gasteiger partial charge on any atom is -0.459 e. The maximum absolute atomic E-state index is 14.9. The maximum Gasteiger partial charge on any atom is 0.412 e. The van der Waals surface area contributed by atoms with Crippen LogP contribution in [0.2, 0.25) is 0 Å². The topological polar surface area (TPSA) is 163 Å². The fraction of sp³-hybridized carbons (Fsp3) is 0.480. The molecule has 0 bridgehead atoms. The SMILES string of the molecule is C=CCOC12Oc3ccc(OC(=O)NCc4ccccc4)cc3C3C(CCCCO)C(CCCCO)C=C(C(=NOC(C)(C)C)CC1N(CCC)C(=O)c1ccc(C#N)cc1)C32. The highest BCUT2D eigenvalue weighted by Gasteiger charge is 2.65. The number of ether oxygens (including phenoxy) is 3. The van der Waals surface area contributed by atoms with Crippen LogP contribution < -0.4 is 14.8 Å². The van der Waals surface area contributed by atoms with Crippen molar-refractivity contribution in [3.8, 4) is 17.6 Å². The van der Waals surface area contributed by atoms with Gasteiger partial charge < -0.3 is 39.5 Å². The number of benzene rings is 3. The predicted octanol–water partition coefficient (Wildman–Crippen LogP) is 8.83. The molecule has 1 saturated carbocycles. The number of carbonyl (C=O) groups excluding carboxylic acids is 2. The summed E-state index contributed by atoms with van der Waals surface area (Å²) in [4.78, 5) is 36.2. The van der Waals surface area contributed by atoms with Crippen molar-refractivity contribution in [3.05, 3.63) is 119 Å². The molecule has 62 heavy (non-hydrogen) atoms. The van der Waals surface area contributed by atoms with Gasteiger partial charge in [0.2, 0.25) is 5.79 Å². The van der Waals surface area contributed by atoms with E-state index >= 15 is 0 Å². The normalized spacial score (nSPS) is 23.1. The van der Waals surface area contributed by atoms with Crippen molar-refractivity contribution in [2.45, 2.75) is 109 Å². The Balaban J connectivity index is 1.55. The van der Waals surface area contributed by atoms with Crippen molar-refractivity contribution in [2.75, 3.05) is 26.4 Å². The second kappa shape index (κ2) is 21.1. The highest BCUT2D eigenvalue weighted by atomic mass is 16.7. The molecule has 1 aliphatic heterocycles. The number of unbranched alkanes of at least 4 members (excludes halogenated alkanes) is 2. The third-order valence-corrected chi connectivity index (χ3v) is 11.9. The summed E-state index contributed by atoms with van der Waals surface area (Å²) in [6, 6.07) is 23.1. The van der Waals surface area contributed by atoms with Gasteiger partial charge in [-0.25, -0.2) is 4.79 Å². The Kier molecular flexibility index (Phi) is 15.6. The second-order valence-corrected chi connectivity index (χ2v) is 17.4.